The Morgan fingerprint density at radius 3 is 2.40 bits per heavy atom. The fourth-order valence-corrected chi connectivity index (χ4v) is 0.860. The van der Waals surface area contributed by atoms with Crippen molar-refractivity contribution in [3.8, 4) is 0 Å². The number of methoxy groups -OCH3 is 1. The lowest BCUT2D eigenvalue weighted by Crippen LogP contribution is -1.93. The number of rotatable bonds is 2. The molecule has 1 aromatic rings. The molecule has 0 aromatic heterocycles. The molecule has 0 aliphatic rings. The lowest BCUT2D eigenvalue weighted by atomic mass is 10.1. The minimum atomic E-state index is 0. The SMILES string of the molecule is COC(C)c1ccccc1.[H+]. The van der Waals surface area contributed by atoms with Crippen LogP contribution in [0.5, 0.6) is 0 Å². The Morgan fingerprint density at radius 2 is 1.90 bits per heavy atom. The molecular weight excluding hydrogens is 124 g/mol. The first-order valence-corrected chi connectivity index (χ1v) is 3.42. The highest BCUT2D eigenvalue weighted by molar-refractivity contribution is 5.16. The molecule has 0 saturated carbocycles. The van der Waals surface area contributed by atoms with Crippen molar-refractivity contribution < 1.29 is 6.16 Å². The van der Waals surface area contributed by atoms with Gasteiger partial charge in [0.05, 0.1) is 6.10 Å². The average molecular weight is 137 g/mol. The summed E-state index contributed by atoms with van der Waals surface area (Å²) in [4.78, 5) is 0. The number of benzene rings is 1. The van der Waals surface area contributed by atoms with Gasteiger partial charge in [-0.2, -0.15) is 0 Å². The van der Waals surface area contributed by atoms with Gasteiger partial charge in [0.2, 0.25) is 0 Å². The molecule has 1 nitrogen and oxygen atoms in total. The van der Waals surface area contributed by atoms with E-state index in [4.69, 9.17) is 4.74 Å². The second-order valence-electron chi connectivity index (χ2n) is 2.29. The van der Waals surface area contributed by atoms with Gasteiger partial charge in [0, 0.05) is 7.11 Å². The summed E-state index contributed by atoms with van der Waals surface area (Å²) in [6, 6.07) is 10.2. The molecule has 0 fully saturated rings. The Kier molecular flexibility index (Phi) is 2.46. The van der Waals surface area contributed by atoms with Crippen LogP contribution < -0.4 is 0 Å². The predicted octanol–water partition coefficient (Wildman–Crippen LogP) is 2.51. The van der Waals surface area contributed by atoms with Crippen LogP contribution >= 0.6 is 0 Å². The molecule has 1 unspecified atom stereocenters. The molecular formula is C9H13O+. The van der Waals surface area contributed by atoms with Gasteiger partial charge in [-0.25, -0.2) is 0 Å². The van der Waals surface area contributed by atoms with Crippen molar-refractivity contribution in [2.24, 2.45) is 0 Å². The van der Waals surface area contributed by atoms with Crippen molar-refractivity contribution in [3.05, 3.63) is 35.9 Å². The lowest BCUT2D eigenvalue weighted by molar-refractivity contribution is 0.119. The standard InChI is InChI=1S/C9H12O/c1-8(10-2)9-6-4-3-5-7-9/h3-8H,1-2H3/p+1. The summed E-state index contributed by atoms with van der Waals surface area (Å²) in [7, 11) is 1.72. The first-order chi connectivity index (χ1) is 4.84. The molecule has 54 valence electrons. The highest BCUT2D eigenvalue weighted by Crippen LogP contribution is 2.13. The van der Waals surface area contributed by atoms with E-state index in [2.05, 4.69) is 12.1 Å². The van der Waals surface area contributed by atoms with Crippen molar-refractivity contribution in [2.45, 2.75) is 13.0 Å². The normalized spacial score (nSPS) is 13.0. The Morgan fingerprint density at radius 1 is 1.30 bits per heavy atom. The molecule has 0 aliphatic heterocycles. The molecule has 1 heteroatoms. The quantitative estimate of drug-likeness (QED) is 0.608. The van der Waals surface area contributed by atoms with Crippen molar-refractivity contribution in [1.29, 1.82) is 0 Å². The summed E-state index contributed by atoms with van der Waals surface area (Å²) in [5.41, 5.74) is 1.23. The smallest absolute Gasteiger partial charge is 0.377 e. The fraction of sp³-hybridized carbons (Fsp3) is 0.333. The lowest BCUT2D eigenvalue weighted by Gasteiger charge is -2.07. The third-order valence-electron chi connectivity index (χ3n) is 1.62. The molecule has 0 saturated heterocycles. The first kappa shape index (κ1) is 7.29. The Balaban J connectivity index is 0.000001000. The number of hydrogen-bond acceptors (Lipinski definition) is 1. The number of ether oxygens (including phenoxy) is 1. The van der Waals surface area contributed by atoms with Gasteiger partial charge in [-0.15, -0.1) is 0 Å². The van der Waals surface area contributed by atoms with E-state index in [0.29, 0.717) is 0 Å². The van der Waals surface area contributed by atoms with Gasteiger partial charge in [-0.05, 0) is 12.5 Å². The van der Waals surface area contributed by atoms with Gasteiger partial charge in [0.1, 0.15) is 0 Å². The molecule has 0 N–H and O–H groups in total. The third-order valence-corrected chi connectivity index (χ3v) is 1.62. The van der Waals surface area contributed by atoms with E-state index in [-0.39, 0.29) is 7.53 Å². The van der Waals surface area contributed by atoms with Crippen LogP contribution in [0.1, 0.15) is 20.0 Å². The fourth-order valence-electron chi connectivity index (χ4n) is 0.860. The van der Waals surface area contributed by atoms with Crippen molar-refractivity contribution in [1.82, 2.24) is 0 Å². The summed E-state index contributed by atoms with van der Waals surface area (Å²) in [5.74, 6) is 0. The largest absolute Gasteiger partial charge is 1.00 e. The summed E-state index contributed by atoms with van der Waals surface area (Å²) in [6.45, 7) is 2.04. The van der Waals surface area contributed by atoms with Gasteiger partial charge in [0.25, 0.3) is 0 Å². The van der Waals surface area contributed by atoms with E-state index in [1.807, 2.05) is 25.1 Å². The highest BCUT2D eigenvalue weighted by atomic mass is 16.5. The summed E-state index contributed by atoms with van der Waals surface area (Å²) in [5, 5.41) is 0. The average Bonchev–Trinajstić information content (AvgIpc) is 2.05. The number of hydrogen-bond donors (Lipinski definition) is 0. The van der Waals surface area contributed by atoms with Gasteiger partial charge >= 0.3 is 1.43 Å². The van der Waals surface area contributed by atoms with Gasteiger partial charge in [-0.1, -0.05) is 30.3 Å². The molecule has 0 amide bonds. The zero-order chi connectivity index (χ0) is 7.40. The monoisotopic (exact) mass is 137 g/mol. The molecule has 10 heavy (non-hydrogen) atoms. The zero-order valence-electron chi connectivity index (χ0n) is 7.37. The highest BCUT2D eigenvalue weighted by Gasteiger charge is 1.99. The topological polar surface area (TPSA) is 9.23 Å². The maximum absolute atomic E-state index is 5.14. The van der Waals surface area contributed by atoms with Crippen molar-refractivity contribution in [2.75, 3.05) is 7.11 Å². The third kappa shape index (κ3) is 1.58. The maximum Gasteiger partial charge on any atom is 1.00 e. The van der Waals surface area contributed by atoms with E-state index >= 15 is 0 Å². The predicted molar refractivity (Wildman–Crippen MR) is 43.0 cm³/mol. The summed E-state index contributed by atoms with van der Waals surface area (Å²) >= 11 is 0. The molecule has 0 heterocycles. The Hall–Kier alpha value is -0.820. The molecule has 0 spiro atoms. The van der Waals surface area contributed by atoms with Crippen LogP contribution in [0.4, 0.5) is 0 Å². The minimum Gasteiger partial charge on any atom is -0.377 e. The molecule has 1 rings (SSSR count). The van der Waals surface area contributed by atoms with Crippen LogP contribution in [0.15, 0.2) is 30.3 Å². The van der Waals surface area contributed by atoms with E-state index < -0.39 is 0 Å². The zero-order valence-corrected chi connectivity index (χ0v) is 6.37. The van der Waals surface area contributed by atoms with E-state index in [1.165, 1.54) is 5.56 Å². The van der Waals surface area contributed by atoms with Crippen LogP contribution in [0.3, 0.4) is 0 Å². The van der Waals surface area contributed by atoms with Crippen LogP contribution in [0, 0.1) is 0 Å². The van der Waals surface area contributed by atoms with Crippen molar-refractivity contribution >= 4 is 0 Å². The first-order valence-electron chi connectivity index (χ1n) is 3.42. The second kappa shape index (κ2) is 3.37. The van der Waals surface area contributed by atoms with E-state index in [0.717, 1.165) is 0 Å². The van der Waals surface area contributed by atoms with Crippen LogP contribution in [0.2, 0.25) is 0 Å². The molecule has 1 atom stereocenters. The van der Waals surface area contributed by atoms with E-state index in [1.54, 1.807) is 7.11 Å². The van der Waals surface area contributed by atoms with Crippen LogP contribution in [-0.2, 0) is 4.74 Å². The Labute approximate surface area is 63.1 Å². The second-order valence-corrected chi connectivity index (χ2v) is 2.29. The molecule has 0 bridgehead atoms. The van der Waals surface area contributed by atoms with Gasteiger partial charge in [0.15, 0.2) is 0 Å². The van der Waals surface area contributed by atoms with Crippen LogP contribution in [0.25, 0.3) is 0 Å². The Bertz CT molecular complexity index is 186. The maximum atomic E-state index is 5.14. The van der Waals surface area contributed by atoms with Gasteiger partial charge in [-0.3, -0.25) is 0 Å². The molecule has 1 aromatic carbocycles. The van der Waals surface area contributed by atoms with Crippen molar-refractivity contribution in [3.63, 3.8) is 0 Å². The summed E-state index contributed by atoms with van der Waals surface area (Å²) < 4.78 is 5.14. The molecule has 0 radical (unpaired) electrons. The van der Waals surface area contributed by atoms with Crippen LogP contribution in [-0.4, -0.2) is 7.11 Å². The minimum absolute atomic E-state index is 0. The van der Waals surface area contributed by atoms with Gasteiger partial charge < -0.3 is 4.74 Å². The summed E-state index contributed by atoms with van der Waals surface area (Å²) in [6.07, 6.45) is 0.209. The molecule has 0 aliphatic carbocycles. The van der Waals surface area contributed by atoms with E-state index in [9.17, 15) is 0 Å².